The lowest BCUT2D eigenvalue weighted by atomic mass is 10.2. The molecule has 5 heteroatoms. The molecule has 0 unspecified atom stereocenters. The van der Waals surface area contributed by atoms with Gasteiger partial charge in [-0.15, -0.1) is 0 Å². The Morgan fingerprint density at radius 1 is 1.15 bits per heavy atom. The lowest BCUT2D eigenvalue weighted by Crippen LogP contribution is -1.79. The summed E-state index contributed by atoms with van der Waals surface area (Å²) in [7, 11) is 0. The highest BCUT2D eigenvalue weighted by Crippen LogP contribution is 2.28. The molecule has 0 aliphatic rings. The Morgan fingerprint density at radius 3 is 2.62 bits per heavy atom. The fourth-order valence-electron chi connectivity index (χ4n) is 0.960. The fraction of sp³-hybridized carbons (Fsp3) is 0. The first-order valence-corrected chi connectivity index (χ1v) is 3.56. The van der Waals surface area contributed by atoms with E-state index in [0.717, 1.165) is 0 Å². The Labute approximate surface area is 73.3 Å². The molecule has 0 fully saturated rings. The van der Waals surface area contributed by atoms with Crippen LogP contribution in [0, 0.1) is 0 Å². The van der Waals surface area contributed by atoms with Crippen LogP contribution in [0.5, 0.6) is 11.5 Å². The number of hydrogen-bond donors (Lipinski definition) is 2. The number of rotatable bonds is 1. The second kappa shape index (κ2) is 2.78. The molecule has 66 valence electrons. The average molecular weight is 178 g/mol. The van der Waals surface area contributed by atoms with Crippen molar-refractivity contribution in [3.63, 3.8) is 0 Å². The number of phenols is 2. The number of benzene rings is 1. The largest absolute Gasteiger partial charge is 0.504 e. The van der Waals surface area contributed by atoms with Crippen LogP contribution in [0.15, 0.2) is 29.1 Å². The number of aromatic hydroxyl groups is 2. The molecule has 0 saturated heterocycles. The molecule has 0 amide bonds. The Hall–Kier alpha value is -2.04. The standard InChI is InChI=1S/C8H6N2O3/c11-6-2-1-5(3-7(6)12)8-9-4-13-10-8/h1-4,11-12H. The lowest BCUT2D eigenvalue weighted by molar-refractivity contribution is 0.403. The average Bonchev–Trinajstić information content (AvgIpc) is 2.62. The highest BCUT2D eigenvalue weighted by molar-refractivity contribution is 5.59. The predicted molar refractivity (Wildman–Crippen MR) is 43.1 cm³/mol. The van der Waals surface area contributed by atoms with Crippen molar-refractivity contribution < 1.29 is 14.7 Å². The van der Waals surface area contributed by atoms with Crippen molar-refractivity contribution in [3.05, 3.63) is 24.6 Å². The van der Waals surface area contributed by atoms with Crippen molar-refractivity contribution >= 4 is 0 Å². The van der Waals surface area contributed by atoms with Crippen LogP contribution in [0.3, 0.4) is 0 Å². The molecule has 5 nitrogen and oxygen atoms in total. The van der Waals surface area contributed by atoms with E-state index in [4.69, 9.17) is 10.2 Å². The van der Waals surface area contributed by atoms with Crippen LogP contribution in [0.25, 0.3) is 11.4 Å². The number of aromatic nitrogens is 2. The third kappa shape index (κ3) is 1.31. The van der Waals surface area contributed by atoms with Crippen LogP contribution < -0.4 is 0 Å². The van der Waals surface area contributed by atoms with Crippen molar-refractivity contribution in [3.8, 4) is 22.9 Å². The first-order chi connectivity index (χ1) is 6.27. The van der Waals surface area contributed by atoms with Gasteiger partial charge >= 0.3 is 0 Å². The highest BCUT2D eigenvalue weighted by atomic mass is 16.5. The second-order valence-corrected chi connectivity index (χ2v) is 2.46. The summed E-state index contributed by atoms with van der Waals surface area (Å²) in [5.41, 5.74) is 0.587. The van der Waals surface area contributed by atoms with Gasteiger partial charge in [-0.3, -0.25) is 0 Å². The molecule has 2 N–H and O–H groups in total. The van der Waals surface area contributed by atoms with Gasteiger partial charge in [0.25, 0.3) is 0 Å². The van der Waals surface area contributed by atoms with Crippen LogP contribution in [-0.4, -0.2) is 20.4 Å². The molecule has 0 atom stereocenters. The molecular weight excluding hydrogens is 172 g/mol. The van der Waals surface area contributed by atoms with Gasteiger partial charge in [0.1, 0.15) is 0 Å². The van der Waals surface area contributed by atoms with Gasteiger partial charge in [0, 0.05) is 5.56 Å². The maximum atomic E-state index is 9.16. The Bertz CT molecular complexity index is 411. The van der Waals surface area contributed by atoms with Crippen molar-refractivity contribution in [2.45, 2.75) is 0 Å². The van der Waals surface area contributed by atoms with Gasteiger partial charge in [0.05, 0.1) is 0 Å². The second-order valence-electron chi connectivity index (χ2n) is 2.46. The molecule has 0 radical (unpaired) electrons. The minimum atomic E-state index is -0.206. The van der Waals surface area contributed by atoms with Gasteiger partial charge < -0.3 is 14.7 Å². The zero-order valence-electron chi connectivity index (χ0n) is 6.51. The smallest absolute Gasteiger partial charge is 0.214 e. The highest BCUT2D eigenvalue weighted by Gasteiger charge is 2.05. The predicted octanol–water partition coefficient (Wildman–Crippen LogP) is 1.15. The van der Waals surface area contributed by atoms with E-state index in [2.05, 4.69) is 14.7 Å². The van der Waals surface area contributed by atoms with Crippen LogP contribution in [-0.2, 0) is 0 Å². The van der Waals surface area contributed by atoms with Gasteiger partial charge in [-0.05, 0) is 18.2 Å². The van der Waals surface area contributed by atoms with Crippen LogP contribution in [0.1, 0.15) is 0 Å². The maximum Gasteiger partial charge on any atom is 0.214 e. The Balaban J connectivity index is 2.49. The minimum Gasteiger partial charge on any atom is -0.504 e. The van der Waals surface area contributed by atoms with Crippen molar-refractivity contribution in [2.24, 2.45) is 0 Å². The normalized spacial score (nSPS) is 10.2. The maximum absolute atomic E-state index is 9.16. The van der Waals surface area contributed by atoms with E-state index >= 15 is 0 Å². The van der Waals surface area contributed by atoms with Crippen LogP contribution in [0.2, 0.25) is 0 Å². The molecule has 0 bridgehead atoms. The van der Waals surface area contributed by atoms with Gasteiger partial charge in [-0.2, -0.15) is 4.98 Å². The van der Waals surface area contributed by atoms with Crippen molar-refractivity contribution in [1.29, 1.82) is 0 Å². The number of phenolic OH excluding ortho intramolecular Hbond substituents is 2. The van der Waals surface area contributed by atoms with Crippen LogP contribution >= 0.6 is 0 Å². The quantitative estimate of drug-likeness (QED) is 0.640. The SMILES string of the molecule is Oc1ccc(-c2ncon2)cc1O. The summed E-state index contributed by atoms with van der Waals surface area (Å²) >= 11 is 0. The summed E-state index contributed by atoms with van der Waals surface area (Å²) in [4.78, 5) is 3.79. The van der Waals surface area contributed by atoms with Crippen molar-refractivity contribution in [2.75, 3.05) is 0 Å². The first kappa shape index (κ1) is 7.60. The van der Waals surface area contributed by atoms with Gasteiger partial charge in [0.2, 0.25) is 12.2 Å². The third-order valence-corrected chi connectivity index (χ3v) is 1.59. The van der Waals surface area contributed by atoms with E-state index in [9.17, 15) is 0 Å². The number of hydrogen-bond acceptors (Lipinski definition) is 5. The zero-order chi connectivity index (χ0) is 9.26. The number of nitrogens with zero attached hydrogens (tertiary/aromatic N) is 2. The van der Waals surface area contributed by atoms with Gasteiger partial charge in [0.15, 0.2) is 11.5 Å². The van der Waals surface area contributed by atoms with Gasteiger partial charge in [-0.1, -0.05) is 5.16 Å². The van der Waals surface area contributed by atoms with Crippen molar-refractivity contribution in [1.82, 2.24) is 10.1 Å². The van der Waals surface area contributed by atoms with E-state index in [0.29, 0.717) is 11.4 Å². The third-order valence-electron chi connectivity index (χ3n) is 1.59. The summed E-state index contributed by atoms with van der Waals surface area (Å²) in [6, 6.07) is 4.31. The summed E-state index contributed by atoms with van der Waals surface area (Å²) in [5.74, 6) is -0.00940. The molecule has 0 aliphatic carbocycles. The Kier molecular flexibility index (Phi) is 1.63. The molecule has 0 spiro atoms. The summed E-state index contributed by atoms with van der Waals surface area (Å²) in [5, 5.41) is 21.8. The molecule has 0 saturated carbocycles. The minimum absolute atomic E-state index is 0.174. The summed E-state index contributed by atoms with van der Waals surface area (Å²) < 4.78 is 4.53. The first-order valence-electron chi connectivity index (χ1n) is 3.56. The molecule has 0 aliphatic heterocycles. The Morgan fingerprint density at radius 2 is 2.00 bits per heavy atom. The molecule has 1 aromatic carbocycles. The summed E-state index contributed by atoms with van der Waals surface area (Å²) in [6.45, 7) is 0. The lowest BCUT2D eigenvalue weighted by Gasteiger charge is -1.98. The van der Waals surface area contributed by atoms with E-state index in [-0.39, 0.29) is 11.5 Å². The van der Waals surface area contributed by atoms with E-state index < -0.39 is 0 Å². The van der Waals surface area contributed by atoms with E-state index in [1.165, 1.54) is 18.5 Å². The monoisotopic (exact) mass is 178 g/mol. The molecule has 1 aromatic heterocycles. The zero-order valence-corrected chi connectivity index (χ0v) is 6.51. The van der Waals surface area contributed by atoms with E-state index in [1.54, 1.807) is 6.07 Å². The van der Waals surface area contributed by atoms with Crippen LogP contribution in [0.4, 0.5) is 0 Å². The molecular formula is C8H6N2O3. The van der Waals surface area contributed by atoms with E-state index in [1.807, 2.05) is 0 Å². The summed E-state index contributed by atoms with van der Waals surface area (Å²) in [6.07, 6.45) is 1.19. The molecule has 13 heavy (non-hydrogen) atoms. The van der Waals surface area contributed by atoms with Gasteiger partial charge in [-0.25, -0.2) is 0 Å². The fourth-order valence-corrected chi connectivity index (χ4v) is 0.960. The molecule has 2 aromatic rings. The topological polar surface area (TPSA) is 79.4 Å². The molecule has 2 rings (SSSR count). The molecule has 1 heterocycles.